The third-order valence-corrected chi connectivity index (χ3v) is 6.32. The molecule has 1 amide bonds. The van der Waals surface area contributed by atoms with E-state index < -0.39 is 17.7 Å². The molecule has 0 radical (unpaired) electrons. The summed E-state index contributed by atoms with van der Waals surface area (Å²) in [7, 11) is 0. The summed E-state index contributed by atoms with van der Waals surface area (Å²) in [5.74, 6) is -1.40. The van der Waals surface area contributed by atoms with Gasteiger partial charge < -0.3 is 10.0 Å². The number of carbonyl (C=O) groups is 2. The van der Waals surface area contributed by atoms with Gasteiger partial charge in [-0.3, -0.25) is 14.6 Å². The monoisotopic (exact) mass is 419 g/mol. The Morgan fingerprint density at radius 2 is 1.83 bits per heavy atom. The van der Waals surface area contributed by atoms with Crippen molar-refractivity contribution in [2.24, 2.45) is 0 Å². The first kappa shape index (κ1) is 20.0. The van der Waals surface area contributed by atoms with E-state index in [9.17, 15) is 14.7 Å². The number of thiazole rings is 1. The molecule has 0 fully saturated rings. The van der Waals surface area contributed by atoms with Gasteiger partial charge in [-0.2, -0.15) is 0 Å². The average molecular weight is 420 g/mol. The van der Waals surface area contributed by atoms with Crippen LogP contribution < -0.4 is 0 Å². The summed E-state index contributed by atoms with van der Waals surface area (Å²) in [5.41, 5.74) is 3.32. The van der Waals surface area contributed by atoms with Crippen LogP contribution in [0.15, 0.2) is 60.1 Å². The van der Waals surface area contributed by atoms with Crippen molar-refractivity contribution in [1.82, 2.24) is 14.9 Å². The summed E-state index contributed by atoms with van der Waals surface area (Å²) in [6.07, 6.45) is 3.31. The van der Waals surface area contributed by atoms with Gasteiger partial charge in [-0.15, -0.1) is 11.3 Å². The summed E-state index contributed by atoms with van der Waals surface area (Å²) >= 11 is 1.28. The average Bonchev–Trinajstić information content (AvgIpc) is 3.19. The molecule has 6 nitrogen and oxygen atoms in total. The maximum atomic E-state index is 13.5. The minimum atomic E-state index is -0.679. The Kier molecular flexibility index (Phi) is 5.22. The highest BCUT2D eigenvalue weighted by atomic mass is 32.1. The molecular formula is C23H21N3O3S. The Balaban J connectivity index is 1.84. The fourth-order valence-corrected chi connectivity index (χ4v) is 4.69. The SMILES string of the molecule is Cc1nc(C)c(C(=O)C2=C(O)C(=O)N(Cc3ccncc3)C2c2ccccc2C)s1. The van der Waals surface area contributed by atoms with Gasteiger partial charge in [-0.1, -0.05) is 24.3 Å². The predicted octanol–water partition coefficient (Wildman–Crippen LogP) is 4.24. The summed E-state index contributed by atoms with van der Waals surface area (Å²) in [5, 5.41) is 11.6. The molecule has 1 atom stereocenters. The quantitative estimate of drug-likeness (QED) is 0.626. The van der Waals surface area contributed by atoms with Crippen molar-refractivity contribution in [3.63, 3.8) is 0 Å². The van der Waals surface area contributed by atoms with Gasteiger partial charge in [0.25, 0.3) is 5.91 Å². The number of aliphatic hydroxyl groups is 1. The van der Waals surface area contributed by atoms with Crippen molar-refractivity contribution >= 4 is 23.0 Å². The van der Waals surface area contributed by atoms with Crippen LogP contribution in [0.4, 0.5) is 0 Å². The Morgan fingerprint density at radius 1 is 1.13 bits per heavy atom. The third kappa shape index (κ3) is 3.41. The lowest BCUT2D eigenvalue weighted by Crippen LogP contribution is -2.31. The number of nitrogens with zero attached hydrogens (tertiary/aromatic N) is 3. The van der Waals surface area contributed by atoms with Gasteiger partial charge in [0.2, 0.25) is 5.78 Å². The van der Waals surface area contributed by atoms with Gasteiger partial charge in [0.1, 0.15) is 0 Å². The van der Waals surface area contributed by atoms with Crippen LogP contribution in [0.1, 0.15) is 43.1 Å². The first-order chi connectivity index (χ1) is 14.4. The van der Waals surface area contributed by atoms with Crippen molar-refractivity contribution in [1.29, 1.82) is 0 Å². The topological polar surface area (TPSA) is 83.4 Å². The van der Waals surface area contributed by atoms with Crippen LogP contribution in [0.3, 0.4) is 0 Å². The number of hydrogen-bond donors (Lipinski definition) is 1. The Hall–Kier alpha value is -3.32. The number of carbonyl (C=O) groups excluding carboxylic acids is 2. The van der Waals surface area contributed by atoms with Crippen LogP contribution in [-0.2, 0) is 11.3 Å². The fourth-order valence-electron chi connectivity index (χ4n) is 3.81. The molecule has 0 saturated carbocycles. The molecule has 3 heterocycles. The van der Waals surface area contributed by atoms with Crippen molar-refractivity contribution in [2.75, 3.05) is 0 Å². The molecule has 1 unspecified atom stereocenters. The molecule has 0 aliphatic carbocycles. The zero-order chi connectivity index (χ0) is 21.4. The molecule has 7 heteroatoms. The molecule has 2 aromatic heterocycles. The van der Waals surface area contributed by atoms with E-state index in [0.717, 1.165) is 21.7 Å². The number of aromatic nitrogens is 2. The van der Waals surface area contributed by atoms with Crippen LogP contribution in [0.5, 0.6) is 0 Å². The van der Waals surface area contributed by atoms with Gasteiger partial charge in [0.15, 0.2) is 5.76 Å². The first-order valence-electron chi connectivity index (χ1n) is 9.55. The van der Waals surface area contributed by atoms with Gasteiger partial charge in [0.05, 0.1) is 27.2 Å². The van der Waals surface area contributed by atoms with E-state index >= 15 is 0 Å². The highest BCUT2D eigenvalue weighted by Gasteiger charge is 2.44. The van der Waals surface area contributed by atoms with Crippen LogP contribution in [0, 0.1) is 20.8 Å². The van der Waals surface area contributed by atoms with Crippen LogP contribution in [0.2, 0.25) is 0 Å². The molecule has 1 aliphatic rings. The zero-order valence-electron chi connectivity index (χ0n) is 16.9. The number of benzene rings is 1. The van der Waals surface area contributed by atoms with Gasteiger partial charge >= 0.3 is 0 Å². The highest BCUT2D eigenvalue weighted by Crippen LogP contribution is 2.41. The molecule has 0 saturated heterocycles. The molecule has 0 spiro atoms. The van der Waals surface area contributed by atoms with E-state index in [1.165, 1.54) is 11.3 Å². The lowest BCUT2D eigenvalue weighted by Gasteiger charge is -2.28. The minimum absolute atomic E-state index is 0.107. The second-order valence-corrected chi connectivity index (χ2v) is 8.49. The Labute approximate surface area is 178 Å². The van der Waals surface area contributed by atoms with Gasteiger partial charge in [-0.05, 0) is 49.6 Å². The Bertz CT molecular complexity index is 1170. The van der Waals surface area contributed by atoms with Crippen molar-refractivity contribution < 1.29 is 14.7 Å². The number of pyridine rings is 1. The van der Waals surface area contributed by atoms with Crippen LogP contribution >= 0.6 is 11.3 Å². The summed E-state index contributed by atoms with van der Waals surface area (Å²) in [6, 6.07) is 10.6. The van der Waals surface area contributed by atoms with Gasteiger partial charge in [0, 0.05) is 18.9 Å². The van der Waals surface area contributed by atoms with E-state index in [1.54, 1.807) is 24.2 Å². The molecule has 152 valence electrons. The molecule has 0 bridgehead atoms. The molecule has 1 N–H and O–H groups in total. The van der Waals surface area contributed by atoms with Crippen LogP contribution in [-0.4, -0.2) is 31.7 Å². The molecule has 1 aliphatic heterocycles. The summed E-state index contributed by atoms with van der Waals surface area (Å²) < 4.78 is 0. The second-order valence-electron chi connectivity index (χ2n) is 7.29. The number of ketones is 1. The molecule has 30 heavy (non-hydrogen) atoms. The second kappa shape index (κ2) is 7.84. The zero-order valence-corrected chi connectivity index (χ0v) is 17.7. The summed E-state index contributed by atoms with van der Waals surface area (Å²) in [6.45, 7) is 5.78. The smallest absolute Gasteiger partial charge is 0.290 e. The first-order valence-corrected chi connectivity index (χ1v) is 10.4. The Morgan fingerprint density at radius 3 is 2.47 bits per heavy atom. The van der Waals surface area contributed by atoms with Crippen molar-refractivity contribution in [2.45, 2.75) is 33.4 Å². The van der Waals surface area contributed by atoms with Crippen LogP contribution in [0.25, 0.3) is 0 Å². The van der Waals surface area contributed by atoms with E-state index in [1.807, 2.05) is 50.2 Å². The van der Waals surface area contributed by atoms with Gasteiger partial charge in [-0.25, -0.2) is 4.98 Å². The molecule has 3 aromatic rings. The fraction of sp³-hybridized carbons (Fsp3) is 0.217. The number of rotatable bonds is 5. The van der Waals surface area contributed by atoms with Crippen molar-refractivity contribution in [3.8, 4) is 0 Å². The number of amides is 1. The number of aryl methyl sites for hydroxylation is 3. The van der Waals surface area contributed by atoms with E-state index in [2.05, 4.69) is 9.97 Å². The summed E-state index contributed by atoms with van der Waals surface area (Å²) in [4.78, 5) is 36.9. The number of hydrogen-bond acceptors (Lipinski definition) is 6. The standard InChI is InChI=1S/C23H21N3O3S/c1-13-6-4-5-7-17(13)19-18(20(27)22-14(2)25-15(3)30-22)21(28)23(29)26(19)12-16-8-10-24-11-9-16/h4-11,19,28H,12H2,1-3H3. The lowest BCUT2D eigenvalue weighted by molar-refractivity contribution is -0.130. The maximum Gasteiger partial charge on any atom is 0.290 e. The normalized spacial score (nSPS) is 16.4. The lowest BCUT2D eigenvalue weighted by atomic mass is 9.92. The van der Waals surface area contributed by atoms with E-state index in [0.29, 0.717) is 10.6 Å². The minimum Gasteiger partial charge on any atom is -0.503 e. The van der Waals surface area contributed by atoms with Crippen molar-refractivity contribution in [3.05, 3.63) is 92.4 Å². The van der Waals surface area contributed by atoms with E-state index in [-0.39, 0.29) is 17.9 Å². The molecule has 1 aromatic carbocycles. The highest BCUT2D eigenvalue weighted by molar-refractivity contribution is 7.14. The molecule has 4 rings (SSSR count). The maximum absolute atomic E-state index is 13.5. The predicted molar refractivity (Wildman–Crippen MR) is 114 cm³/mol. The van der Waals surface area contributed by atoms with E-state index in [4.69, 9.17) is 0 Å². The number of Topliss-reactive ketones (excluding diaryl/α,β-unsaturated/α-hetero) is 1. The number of aliphatic hydroxyl groups excluding tert-OH is 1. The molecular weight excluding hydrogens is 398 g/mol. The third-order valence-electron chi connectivity index (χ3n) is 5.24. The largest absolute Gasteiger partial charge is 0.503 e.